The molecule has 1 unspecified atom stereocenters. The van der Waals surface area contributed by atoms with Crippen molar-refractivity contribution >= 4 is 37.1 Å². The third kappa shape index (κ3) is 11.2. The van der Waals surface area contributed by atoms with Crippen molar-refractivity contribution < 1.29 is 103 Å². The quantitative estimate of drug-likeness (QED) is 0.151. The molecule has 40 heavy (non-hydrogen) atoms. The van der Waals surface area contributed by atoms with Gasteiger partial charge in [-0.15, -0.1) is 0 Å². The van der Waals surface area contributed by atoms with Gasteiger partial charge in [-0.2, -0.15) is 4.98 Å². The summed E-state index contributed by atoms with van der Waals surface area (Å²) in [6.45, 7) is 1.32. The Morgan fingerprint density at radius 1 is 1.25 bits per heavy atom. The second-order valence-corrected chi connectivity index (χ2v) is 9.65. The van der Waals surface area contributed by atoms with Gasteiger partial charge in [0.2, 0.25) is 5.95 Å². The number of benzene rings is 1. The van der Waals surface area contributed by atoms with Crippen molar-refractivity contribution in [2.24, 2.45) is 0 Å². The Balaban J connectivity index is 0.000000858. The number of amides is 1. The number of nitrogens with zero attached hydrogens (tertiary/aromatic N) is 5. The van der Waals surface area contributed by atoms with Crippen LogP contribution in [0.5, 0.6) is 5.75 Å². The third-order valence-electron chi connectivity index (χ3n) is 5.57. The number of nitrogens with one attached hydrogen (secondary N) is 2. The van der Waals surface area contributed by atoms with Crippen LogP contribution < -0.4 is 94.1 Å². The second kappa shape index (κ2) is 16.9. The molecule has 0 spiro atoms. The van der Waals surface area contributed by atoms with Gasteiger partial charge < -0.3 is 40.1 Å². The molecule has 0 saturated carbocycles. The van der Waals surface area contributed by atoms with Crippen molar-refractivity contribution in [1.29, 1.82) is 0 Å². The Bertz CT molecular complexity index is 1300. The SMILES string of the molecule is COc1ccc(CNc2nc(N3CCCC3CO)ncc2C(=O)NCc2ncccn2)cc1Cl.O=P([O-])(O)O.[Cs+]. The first kappa shape index (κ1) is 34.9. The Labute approximate surface area is 294 Å². The number of rotatable bonds is 9. The minimum atomic E-state index is -4.89. The van der Waals surface area contributed by atoms with E-state index in [0.717, 1.165) is 24.9 Å². The predicted octanol–water partition coefficient (Wildman–Crippen LogP) is -2.12. The normalized spacial score (nSPS) is 14.4. The van der Waals surface area contributed by atoms with Gasteiger partial charge in [-0.05, 0) is 36.6 Å². The summed E-state index contributed by atoms with van der Waals surface area (Å²) in [4.78, 5) is 55.2. The van der Waals surface area contributed by atoms with Crippen molar-refractivity contribution in [2.45, 2.75) is 32.0 Å². The van der Waals surface area contributed by atoms with Gasteiger partial charge in [0.15, 0.2) is 0 Å². The summed E-state index contributed by atoms with van der Waals surface area (Å²) in [5.41, 5.74) is 1.18. The van der Waals surface area contributed by atoms with Crippen LogP contribution in [0, 0.1) is 0 Å². The molecule has 1 aliphatic rings. The summed E-state index contributed by atoms with van der Waals surface area (Å²) in [5, 5.41) is 16.2. The minimum absolute atomic E-state index is 0. The Morgan fingerprint density at radius 3 is 2.58 bits per heavy atom. The van der Waals surface area contributed by atoms with Gasteiger partial charge in [0.1, 0.15) is 23.0 Å². The number of carbonyl (C=O) groups excluding carboxylic acids is 1. The number of ether oxygens (including phenoxy) is 1. The van der Waals surface area contributed by atoms with E-state index in [0.29, 0.717) is 40.5 Å². The van der Waals surface area contributed by atoms with Crippen LogP contribution in [0.1, 0.15) is 34.6 Å². The summed E-state index contributed by atoms with van der Waals surface area (Å²) in [6, 6.07) is 7.14. The van der Waals surface area contributed by atoms with Gasteiger partial charge >= 0.3 is 68.9 Å². The van der Waals surface area contributed by atoms with Crippen LogP contribution in [0.3, 0.4) is 0 Å². The third-order valence-corrected chi connectivity index (χ3v) is 5.86. The van der Waals surface area contributed by atoms with E-state index in [-0.39, 0.29) is 94.0 Å². The Kier molecular flexibility index (Phi) is 14.8. The number of aromatic nitrogens is 4. The van der Waals surface area contributed by atoms with E-state index < -0.39 is 7.82 Å². The van der Waals surface area contributed by atoms with Gasteiger partial charge in [-0.25, -0.2) is 15.0 Å². The number of hydrogen-bond donors (Lipinski definition) is 5. The maximum Gasteiger partial charge on any atom is 1.00 e. The van der Waals surface area contributed by atoms with Gasteiger partial charge in [0, 0.05) is 31.7 Å². The van der Waals surface area contributed by atoms with Crippen molar-refractivity contribution in [1.82, 2.24) is 25.3 Å². The van der Waals surface area contributed by atoms with Gasteiger partial charge in [-0.3, -0.25) is 9.36 Å². The molecule has 210 valence electrons. The number of hydrogen-bond acceptors (Lipinski definition) is 11. The molecule has 3 heterocycles. The topological polar surface area (TPSA) is 206 Å². The molecule has 1 amide bonds. The van der Waals surface area contributed by atoms with E-state index in [1.54, 1.807) is 37.7 Å². The number of methoxy groups -OCH3 is 1. The van der Waals surface area contributed by atoms with Crippen LogP contribution in [0.25, 0.3) is 0 Å². The number of aliphatic hydroxyl groups is 1. The standard InChI is InChI=1S/C23H26ClN7O3.Cs.H3O4P/c1-34-19-6-5-15(10-18(19)24)11-27-21-17(22(33)28-13-20-25-7-3-8-26-20)12-29-23(30-21)31-9-2-4-16(31)14-32;;1-5(2,3)4/h3,5-8,10,12,16,32H,2,4,9,11,13-14H2,1H3,(H,28,33)(H,27,29,30);;(H3,1,2,3,4)/q;+1;/p-1. The molecule has 0 bridgehead atoms. The maximum absolute atomic E-state index is 13.0. The number of anilines is 2. The van der Waals surface area contributed by atoms with Crippen LogP contribution in [0.2, 0.25) is 5.02 Å². The smallest absolute Gasteiger partial charge is 0.756 e. The Morgan fingerprint density at radius 2 is 1.95 bits per heavy atom. The molecule has 5 N–H and O–H groups in total. The molecule has 1 aliphatic heterocycles. The molecule has 2 aromatic heterocycles. The van der Waals surface area contributed by atoms with Gasteiger partial charge in [0.25, 0.3) is 13.7 Å². The maximum atomic E-state index is 13.0. The number of halogens is 1. The molecule has 1 saturated heterocycles. The predicted molar refractivity (Wildman–Crippen MR) is 140 cm³/mol. The summed E-state index contributed by atoms with van der Waals surface area (Å²) < 4.78 is 14.0. The van der Waals surface area contributed by atoms with E-state index in [9.17, 15) is 9.90 Å². The van der Waals surface area contributed by atoms with Crippen LogP contribution in [-0.2, 0) is 17.7 Å². The molecule has 17 heteroatoms. The first-order valence-electron chi connectivity index (χ1n) is 11.7. The second-order valence-electron chi connectivity index (χ2n) is 8.27. The van der Waals surface area contributed by atoms with Crippen LogP contribution in [-0.4, -0.2) is 67.0 Å². The van der Waals surface area contributed by atoms with Gasteiger partial charge in [0.05, 0.1) is 31.3 Å². The fourth-order valence-corrected chi connectivity index (χ4v) is 4.06. The molecular formula is C23H28ClCsN7O7P. The first-order chi connectivity index (χ1) is 18.6. The number of phosphoric acid groups is 1. The van der Waals surface area contributed by atoms with Crippen molar-refractivity contribution in [3.05, 3.63) is 64.8 Å². The van der Waals surface area contributed by atoms with Crippen molar-refractivity contribution in [3.63, 3.8) is 0 Å². The first-order valence-corrected chi connectivity index (χ1v) is 13.6. The molecule has 4 rings (SSSR count). The van der Waals surface area contributed by atoms with E-state index in [1.165, 1.54) is 6.20 Å². The molecular weight excluding hydrogens is 686 g/mol. The molecule has 0 radical (unpaired) electrons. The van der Waals surface area contributed by atoms with E-state index >= 15 is 0 Å². The summed E-state index contributed by atoms with van der Waals surface area (Å²) >= 11 is 6.25. The summed E-state index contributed by atoms with van der Waals surface area (Å²) in [7, 11) is -3.33. The Hall–Kier alpha value is -1.34. The fourth-order valence-electron chi connectivity index (χ4n) is 3.78. The molecule has 1 fully saturated rings. The monoisotopic (exact) mass is 713 g/mol. The molecule has 14 nitrogen and oxygen atoms in total. The molecule has 3 aromatic rings. The zero-order valence-corrected chi connectivity index (χ0v) is 29.8. The number of aliphatic hydroxyl groups excluding tert-OH is 1. The largest absolute Gasteiger partial charge is 1.00 e. The average molecular weight is 714 g/mol. The van der Waals surface area contributed by atoms with Crippen LogP contribution in [0.4, 0.5) is 11.8 Å². The zero-order chi connectivity index (χ0) is 28.4. The van der Waals surface area contributed by atoms with Crippen LogP contribution >= 0.6 is 19.4 Å². The average Bonchev–Trinajstić information content (AvgIpc) is 3.39. The molecule has 1 aromatic carbocycles. The molecule has 1 atom stereocenters. The van der Waals surface area contributed by atoms with Gasteiger partial charge in [-0.1, -0.05) is 17.7 Å². The summed E-state index contributed by atoms with van der Waals surface area (Å²) in [6.07, 6.45) is 6.55. The summed E-state index contributed by atoms with van der Waals surface area (Å²) in [5.74, 6) is 1.58. The number of carbonyl (C=O) groups is 1. The fraction of sp³-hybridized carbons (Fsp3) is 0.348. The zero-order valence-electron chi connectivity index (χ0n) is 21.9. The van der Waals surface area contributed by atoms with E-state index in [1.807, 2.05) is 11.0 Å². The van der Waals surface area contributed by atoms with Crippen molar-refractivity contribution in [3.8, 4) is 5.75 Å². The minimum Gasteiger partial charge on any atom is -0.756 e. The molecule has 0 aliphatic carbocycles. The van der Waals surface area contributed by atoms with Crippen LogP contribution in [0.15, 0.2) is 42.9 Å². The van der Waals surface area contributed by atoms with Crippen molar-refractivity contribution in [2.75, 3.05) is 30.5 Å². The van der Waals surface area contributed by atoms with E-state index in [2.05, 4.69) is 30.6 Å². The van der Waals surface area contributed by atoms with E-state index in [4.69, 9.17) is 35.6 Å².